The number of carbonyl (C=O) groups is 1. The first-order valence-electron chi connectivity index (χ1n) is 7.35. The number of benzene rings is 1. The number of rotatable bonds is 3. The van der Waals surface area contributed by atoms with Crippen molar-refractivity contribution in [2.75, 3.05) is 26.3 Å². The minimum atomic E-state index is -0.325. The summed E-state index contributed by atoms with van der Waals surface area (Å²) in [5.74, 6) is 0.236. The Morgan fingerprint density at radius 2 is 1.90 bits per heavy atom. The Kier molecular flexibility index (Phi) is 4.11. The molecule has 3 nitrogen and oxygen atoms in total. The Bertz CT molecular complexity index is 491. The Hall–Kier alpha value is -0.900. The summed E-state index contributed by atoms with van der Waals surface area (Å²) in [6.45, 7) is 3.16. The number of ketones is 1. The Balaban J connectivity index is 1.91. The van der Waals surface area contributed by atoms with Gasteiger partial charge in [0.15, 0.2) is 5.78 Å². The molecule has 3 rings (SSSR count). The van der Waals surface area contributed by atoms with E-state index < -0.39 is 0 Å². The minimum Gasteiger partial charge on any atom is -0.379 e. The first kappa shape index (κ1) is 14.1. The molecule has 1 aromatic rings. The lowest BCUT2D eigenvalue weighted by Gasteiger charge is -2.42. The van der Waals surface area contributed by atoms with Crippen LogP contribution >= 0.6 is 11.6 Å². The van der Waals surface area contributed by atoms with Gasteiger partial charge < -0.3 is 4.74 Å². The summed E-state index contributed by atoms with van der Waals surface area (Å²) < 4.78 is 5.43. The van der Waals surface area contributed by atoms with Crippen molar-refractivity contribution in [2.24, 2.45) is 0 Å². The summed E-state index contributed by atoms with van der Waals surface area (Å²) in [7, 11) is 0. The largest absolute Gasteiger partial charge is 0.379 e. The minimum absolute atomic E-state index is 0.236. The first-order valence-corrected chi connectivity index (χ1v) is 7.73. The molecule has 1 aliphatic carbocycles. The summed E-state index contributed by atoms with van der Waals surface area (Å²) >= 11 is 6.04. The molecule has 108 valence electrons. The number of nitrogens with zero attached hydrogens (tertiary/aromatic N) is 1. The second-order valence-corrected chi connectivity index (χ2v) is 6.11. The molecule has 1 saturated heterocycles. The lowest BCUT2D eigenvalue weighted by atomic mass is 9.85. The fourth-order valence-corrected chi connectivity index (χ4v) is 3.73. The number of hydrogen-bond donors (Lipinski definition) is 0. The molecule has 0 atom stereocenters. The van der Waals surface area contributed by atoms with E-state index in [1.54, 1.807) is 6.07 Å². The van der Waals surface area contributed by atoms with Crippen LogP contribution in [0.25, 0.3) is 0 Å². The summed E-state index contributed by atoms with van der Waals surface area (Å²) in [6, 6.07) is 7.35. The van der Waals surface area contributed by atoms with Crippen LogP contribution in [-0.2, 0) is 4.74 Å². The van der Waals surface area contributed by atoms with Crippen LogP contribution in [0.2, 0.25) is 5.02 Å². The van der Waals surface area contributed by atoms with Gasteiger partial charge in [-0.2, -0.15) is 0 Å². The highest BCUT2D eigenvalue weighted by atomic mass is 35.5. The summed E-state index contributed by atoms with van der Waals surface area (Å²) in [5.41, 5.74) is 0.417. The van der Waals surface area contributed by atoms with E-state index in [0.717, 1.165) is 57.6 Å². The highest BCUT2D eigenvalue weighted by molar-refractivity contribution is 6.31. The van der Waals surface area contributed by atoms with Crippen molar-refractivity contribution < 1.29 is 9.53 Å². The normalized spacial score (nSPS) is 22.9. The van der Waals surface area contributed by atoms with Gasteiger partial charge in [-0.15, -0.1) is 0 Å². The van der Waals surface area contributed by atoms with Crippen molar-refractivity contribution in [2.45, 2.75) is 31.2 Å². The van der Waals surface area contributed by atoms with Crippen molar-refractivity contribution in [1.29, 1.82) is 0 Å². The molecule has 0 bridgehead atoms. The van der Waals surface area contributed by atoms with Crippen molar-refractivity contribution in [3.05, 3.63) is 34.9 Å². The third-order valence-corrected chi connectivity index (χ3v) is 4.79. The zero-order valence-corrected chi connectivity index (χ0v) is 12.4. The van der Waals surface area contributed by atoms with Gasteiger partial charge in [0.05, 0.1) is 18.8 Å². The van der Waals surface area contributed by atoms with Gasteiger partial charge in [-0.05, 0) is 25.0 Å². The first-order chi connectivity index (χ1) is 9.72. The Labute approximate surface area is 124 Å². The van der Waals surface area contributed by atoms with Gasteiger partial charge in [-0.25, -0.2) is 0 Å². The number of ether oxygens (including phenoxy) is 1. The van der Waals surface area contributed by atoms with Gasteiger partial charge in [0.2, 0.25) is 0 Å². The fraction of sp³-hybridized carbons (Fsp3) is 0.562. The molecule has 2 fully saturated rings. The second-order valence-electron chi connectivity index (χ2n) is 5.68. The van der Waals surface area contributed by atoms with Gasteiger partial charge >= 0.3 is 0 Å². The van der Waals surface area contributed by atoms with E-state index in [4.69, 9.17) is 16.3 Å². The van der Waals surface area contributed by atoms with Crippen molar-refractivity contribution in [3.8, 4) is 0 Å². The van der Waals surface area contributed by atoms with Gasteiger partial charge in [0, 0.05) is 23.7 Å². The third kappa shape index (κ3) is 2.50. The number of halogens is 1. The third-order valence-electron chi connectivity index (χ3n) is 4.56. The topological polar surface area (TPSA) is 29.5 Å². The summed E-state index contributed by atoms with van der Waals surface area (Å²) in [5, 5.41) is 0.631. The van der Waals surface area contributed by atoms with Crippen LogP contribution in [0.15, 0.2) is 24.3 Å². The van der Waals surface area contributed by atoms with Crippen LogP contribution in [-0.4, -0.2) is 42.5 Å². The van der Waals surface area contributed by atoms with E-state index in [0.29, 0.717) is 5.02 Å². The van der Waals surface area contributed by atoms with Crippen molar-refractivity contribution in [3.63, 3.8) is 0 Å². The standard InChI is InChI=1S/C16H20ClNO2/c17-14-5-3-4-13(12-14)15(19)16(6-1-2-7-16)18-8-10-20-11-9-18/h3-5,12H,1-2,6-11H2. The van der Waals surface area contributed by atoms with Gasteiger partial charge in [0.25, 0.3) is 0 Å². The number of morpholine rings is 1. The molecular formula is C16H20ClNO2. The number of carbonyl (C=O) groups excluding carboxylic acids is 1. The molecule has 0 unspecified atom stereocenters. The number of hydrogen-bond acceptors (Lipinski definition) is 3. The van der Waals surface area contributed by atoms with Crippen LogP contribution in [0, 0.1) is 0 Å². The van der Waals surface area contributed by atoms with Crippen molar-refractivity contribution >= 4 is 17.4 Å². The van der Waals surface area contributed by atoms with E-state index in [1.165, 1.54) is 0 Å². The summed E-state index contributed by atoms with van der Waals surface area (Å²) in [6.07, 6.45) is 4.17. The van der Waals surface area contributed by atoms with Gasteiger partial charge in [0.1, 0.15) is 0 Å². The lowest BCUT2D eigenvalue weighted by molar-refractivity contribution is -0.0130. The summed E-state index contributed by atoms with van der Waals surface area (Å²) in [4.78, 5) is 15.4. The molecule has 0 radical (unpaired) electrons. The van der Waals surface area contributed by atoms with Crippen LogP contribution < -0.4 is 0 Å². The van der Waals surface area contributed by atoms with Crippen LogP contribution in [0.5, 0.6) is 0 Å². The highest BCUT2D eigenvalue weighted by Crippen LogP contribution is 2.38. The smallest absolute Gasteiger partial charge is 0.183 e. The maximum atomic E-state index is 13.1. The Morgan fingerprint density at radius 1 is 1.20 bits per heavy atom. The van der Waals surface area contributed by atoms with E-state index in [2.05, 4.69) is 4.90 Å². The van der Waals surface area contributed by atoms with Gasteiger partial charge in [-0.3, -0.25) is 9.69 Å². The predicted molar refractivity (Wildman–Crippen MR) is 79.4 cm³/mol. The SMILES string of the molecule is O=C(c1cccc(Cl)c1)C1(N2CCOCC2)CCCC1. The maximum absolute atomic E-state index is 13.1. The predicted octanol–water partition coefficient (Wildman–Crippen LogP) is 3.17. The second kappa shape index (κ2) is 5.84. The molecule has 1 heterocycles. The molecule has 20 heavy (non-hydrogen) atoms. The monoisotopic (exact) mass is 293 g/mol. The average Bonchev–Trinajstić information content (AvgIpc) is 2.98. The van der Waals surface area contributed by atoms with Crippen LogP contribution in [0.4, 0.5) is 0 Å². The molecule has 4 heteroatoms. The molecular weight excluding hydrogens is 274 g/mol. The quantitative estimate of drug-likeness (QED) is 0.802. The van der Waals surface area contributed by atoms with E-state index >= 15 is 0 Å². The zero-order valence-electron chi connectivity index (χ0n) is 11.6. The maximum Gasteiger partial charge on any atom is 0.183 e. The molecule has 2 aliphatic rings. The molecule has 0 spiro atoms. The molecule has 1 aromatic carbocycles. The van der Waals surface area contributed by atoms with E-state index in [9.17, 15) is 4.79 Å². The molecule has 0 aromatic heterocycles. The van der Waals surface area contributed by atoms with E-state index in [-0.39, 0.29) is 11.3 Å². The molecule has 0 N–H and O–H groups in total. The van der Waals surface area contributed by atoms with Crippen LogP contribution in [0.3, 0.4) is 0 Å². The van der Waals surface area contributed by atoms with Crippen LogP contribution in [0.1, 0.15) is 36.0 Å². The molecule has 1 saturated carbocycles. The van der Waals surface area contributed by atoms with Crippen molar-refractivity contribution in [1.82, 2.24) is 4.90 Å². The fourth-order valence-electron chi connectivity index (χ4n) is 3.54. The highest BCUT2D eigenvalue weighted by Gasteiger charge is 2.46. The molecule has 0 amide bonds. The Morgan fingerprint density at radius 3 is 2.55 bits per heavy atom. The zero-order chi connectivity index (χ0) is 14.0. The lowest BCUT2D eigenvalue weighted by Crippen LogP contribution is -2.56. The van der Waals surface area contributed by atoms with Gasteiger partial charge in [-0.1, -0.05) is 36.6 Å². The molecule has 1 aliphatic heterocycles. The average molecular weight is 294 g/mol. The number of Topliss-reactive ketones (excluding diaryl/α,β-unsaturated/α-hetero) is 1. The van der Waals surface area contributed by atoms with E-state index in [1.807, 2.05) is 18.2 Å².